The van der Waals surface area contributed by atoms with Gasteiger partial charge in [-0.05, 0) is 43.0 Å². The van der Waals surface area contributed by atoms with Crippen molar-refractivity contribution in [3.05, 3.63) is 53.3 Å². The number of likely N-dealkylation sites (tertiary alicyclic amines) is 1. The lowest BCUT2D eigenvalue weighted by Crippen LogP contribution is -2.40. The minimum atomic E-state index is -3.67. The largest absolute Gasteiger partial charge is 0.379 e. The number of nitrogens with one attached hydrogen (secondary N) is 1. The Bertz CT molecular complexity index is 1100. The van der Waals surface area contributed by atoms with Gasteiger partial charge < -0.3 is 19.5 Å². The molecule has 9 nitrogen and oxygen atoms in total. The molecule has 2 aliphatic heterocycles. The molecule has 33 heavy (non-hydrogen) atoms. The Hall–Kier alpha value is -2.69. The molecule has 2 amide bonds. The fourth-order valence-electron chi connectivity index (χ4n) is 4.15. The molecule has 0 atom stereocenters. The average molecular weight is 475 g/mol. The van der Waals surface area contributed by atoms with E-state index in [0.717, 1.165) is 31.5 Å². The van der Waals surface area contributed by atoms with Crippen molar-refractivity contribution >= 4 is 21.8 Å². The summed E-state index contributed by atoms with van der Waals surface area (Å²) < 4.78 is 33.8. The Morgan fingerprint density at radius 1 is 1.00 bits per heavy atom. The summed E-state index contributed by atoms with van der Waals surface area (Å²) in [5.74, 6) is -0.322. The second kappa shape index (κ2) is 10.1. The molecule has 1 N–H and O–H groups in total. The third-order valence-electron chi connectivity index (χ3n) is 6.12. The zero-order valence-corrected chi connectivity index (χ0v) is 19.6. The molecule has 2 saturated heterocycles. The van der Waals surface area contributed by atoms with E-state index in [4.69, 9.17) is 4.74 Å². The number of nitrogens with zero attached hydrogens (tertiary/aromatic N) is 3. The van der Waals surface area contributed by atoms with Gasteiger partial charge in [-0.15, -0.1) is 0 Å². The van der Waals surface area contributed by atoms with E-state index in [9.17, 15) is 18.0 Å². The zero-order valence-electron chi connectivity index (χ0n) is 18.8. The molecule has 0 saturated carbocycles. The van der Waals surface area contributed by atoms with Crippen LogP contribution >= 0.6 is 0 Å². The Kier molecular flexibility index (Phi) is 7.16. The van der Waals surface area contributed by atoms with E-state index in [1.807, 2.05) is 17.0 Å². The monoisotopic (exact) mass is 474 g/mol. The number of ether oxygens (including phenoxy) is 1. The van der Waals surface area contributed by atoms with Crippen molar-refractivity contribution in [2.24, 2.45) is 7.05 Å². The van der Waals surface area contributed by atoms with Crippen molar-refractivity contribution in [2.45, 2.75) is 30.7 Å². The van der Waals surface area contributed by atoms with Gasteiger partial charge in [0.15, 0.2) is 0 Å². The highest BCUT2D eigenvalue weighted by molar-refractivity contribution is 7.89. The quantitative estimate of drug-likeness (QED) is 0.686. The first-order chi connectivity index (χ1) is 15.9. The van der Waals surface area contributed by atoms with Crippen LogP contribution in [0.15, 0.2) is 41.4 Å². The fourth-order valence-corrected chi connectivity index (χ4v) is 5.63. The molecule has 0 radical (unpaired) electrons. The van der Waals surface area contributed by atoms with Crippen LogP contribution in [0.4, 0.5) is 0 Å². The number of hydrogen-bond donors (Lipinski definition) is 1. The summed E-state index contributed by atoms with van der Waals surface area (Å²) in [7, 11) is -2.02. The molecule has 2 fully saturated rings. The Morgan fingerprint density at radius 3 is 2.33 bits per heavy atom. The number of hydrogen-bond acceptors (Lipinski definition) is 5. The topological polar surface area (TPSA) is 101 Å². The lowest BCUT2D eigenvalue weighted by molar-refractivity contribution is 0.0724. The maximum Gasteiger partial charge on any atom is 0.268 e. The van der Waals surface area contributed by atoms with Crippen LogP contribution in [0.3, 0.4) is 0 Å². The number of benzene rings is 1. The van der Waals surface area contributed by atoms with Gasteiger partial charge in [-0.2, -0.15) is 4.31 Å². The highest BCUT2D eigenvalue weighted by atomic mass is 32.2. The number of amides is 2. The number of aryl methyl sites for hydroxylation is 1. The molecule has 0 spiro atoms. The maximum absolute atomic E-state index is 12.9. The smallest absolute Gasteiger partial charge is 0.268 e. The van der Waals surface area contributed by atoms with Crippen LogP contribution < -0.4 is 5.32 Å². The number of carbonyl (C=O) groups excluding carboxylic acids is 2. The first kappa shape index (κ1) is 23.5. The van der Waals surface area contributed by atoms with Gasteiger partial charge in [0.25, 0.3) is 11.8 Å². The molecule has 178 valence electrons. The van der Waals surface area contributed by atoms with Gasteiger partial charge in [0.1, 0.15) is 10.6 Å². The lowest BCUT2D eigenvalue weighted by atomic mass is 10.1. The maximum atomic E-state index is 12.9. The molecule has 2 aromatic rings. The van der Waals surface area contributed by atoms with Crippen LogP contribution in [0, 0.1) is 0 Å². The highest BCUT2D eigenvalue weighted by Crippen LogP contribution is 2.20. The summed E-state index contributed by atoms with van der Waals surface area (Å²) in [4.78, 5) is 27.3. The molecule has 1 aromatic heterocycles. The van der Waals surface area contributed by atoms with Gasteiger partial charge in [-0.25, -0.2) is 8.42 Å². The summed E-state index contributed by atoms with van der Waals surface area (Å²) in [6.07, 6.45) is 4.72. The van der Waals surface area contributed by atoms with E-state index in [-0.39, 0.29) is 28.9 Å². The lowest BCUT2D eigenvalue weighted by Gasteiger charge is -2.26. The molecular formula is C23H30N4O5S. The number of sulfonamides is 1. The van der Waals surface area contributed by atoms with Crippen LogP contribution in [-0.2, 0) is 28.4 Å². The van der Waals surface area contributed by atoms with Crippen molar-refractivity contribution in [1.29, 1.82) is 0 Å². The minimum absolute atomic E-state index is 0.0445. The predicted molar refractivity (Wildman–Crippen MR) is 122 cm³/mol. The van der Waals surface area contributed by atoms with Crippen LogP contribution in [0.1, 0.15) is 45.7 Å². The molecule has 0 aliphatic carbocycles. The highest BCUT2D eigenvalue weighted by Gasteiger charge is 2.28. The summed E-state index contributed by atoms with van der Waals surface area (Å²) >= 11 is 0. The van der Waals surface area contributed by atoms with Crippen molar-refractivity contribution in [3.8, 4) is 0 Å². The summed E-state index contributed by atoms with van der Waals surface area (Å²) in [5, 5.41) is 2.83. The van der Waals surface area contributed by atoms with Crippen LogP contribution in [0.2, 0.25) is 0 Å². The normalized spacial score (nSPS) is 17.7. The molecule has 10 heteroatoms. The molecule has 0 bridgehead atoms. The molecule has 1 aromatic carbocycles. The predicted octanol–water partition coefficient (Wildman–Crippen LogP) is 1.60. The number of morpholine rings is 1. The van der Waals surface area contributed by atoms with Crippen LogP contribution in [0.25, 0.3) is 0 Å². The van der Waals surface area contributed by atoms with E-state index in [1.165, 1.54) is 27.6 Å². The van der Waals surface area contributed by atoms with Crippen LogP contribution in [0.5, 0.6) is 0 Å². The van der Waals surface area contributed by atoms with Crippen LogP contribution in [-0.4, -0.2) is 73.4 Å². The Balaban J connectivity index is 1.37. The van der Waals surface area contributed by atoms with Crippen molar-refractivity contribution in [2.75, 3.05) is 39.4 Å². The molecular weight excluding hydrogens is 444 g/mol. The number of rotatable bonds is 6. The van der Waals surface area contributed by atoms with E-state index >= 15 is 0 Å². The average Bonchev–Trinajstić information content (AvgIpc) is 3.26. The van der Waals surface area contributed by atoms with Gasteiger partial charge in [-0.3, -0.25) is 9.59 Å². The minimum Gasteiger partial charge on any atom is -0.379 e. The standard InChI is InChI=1S/C23H30N4O5S/c1-25-17-20(33(30,31)27-11-13-32-14-12-27)15-21(25)22(28)24-16-18-5-7-19(8-6-18)23(29)26-9-3-2-4-10-26/h5-8,15,17H,2-4,9-14,16H2,1H3,(H,24,28). The van der Waals surface area contributed by atoms with Gasteiger partial charge in [0, 0.05) is 51.5 Å². The zero-order chi connectivity index (χ0) is 23.4. The third-order valence-corrected chi connectivity index (χ3v) is 7.98. The van der Waals surface area contributed by atoms with E-state index < -0.39 is 10.0 Å². The second-order valence-electron chi connectivity index (χ2n) is 8.42. The van der Waals surface area contributed by atoms with Gasteiger partial charge >= 0.3 is 0 Å². The van der Waals surface area contributed by atoms with Crippen molar-refractivity contribution < 1.29 is 22.7 Å². The van der Waals surface area contributed by atoms with E-state index in [2.05, 4.69) is 5.32 Å². The van der Waals surface area contributed by atoms with Gasteiger partial charge in [0.2, 0.25) is 10.0 Å². The molecule has 3 heterocycles. The number of carbonyl (C=O) groups is 2. The molecule has 2 aliphatic rings. The summed E-state index contributed by atoms with van der Waals surface area (Å²) in [5.41, 5.74) is 1.76. The molecule has 0 unspecified atom stereocenters. The number of aromatic nitrogens is 1. The Labute approximate surface area is 194 Å². The summed E-state index contributed by atoms with van der Waals surface area (Å²) in [6.45, 7) is 3.20. The molecule has 4 rings (SSSR count). The third kappa shape index (κ3) is 5.29. The van der Waals surface area contributed by atoms with Crippen molar-refractivity contribution in [1.82, 2.24) is 19.1 Å². The fraction of sp³-hybridized carbons (Fsp3) is 0.478. The Morgan fingerprint density at radius 2 is 1.67 bits per heavy atom. The van der Waals surface area contributed by atoms with Crippen molar-refractivity contribution in [3.63, 3.8) is 0 Å². The first-order valence-electron chi connectivity index (χ1n) is 11.3. The van der Waals surface area contributed by atoms with Gasteiger partial charge in [0.05, 0.1) is 13.2 Å². The van der Waals surface area contributed by atoms with Gasteiger partial charge in [-0.1, -0.05) is 12.1 Å². The summed E-state index contributed by atoms with van der Waals surface area (Å²) in [6, 6.07) is 8.63. The number of piperidine rings is 1. The van der Waals surface area contributed by atoms with E-state index in [0.29, 0.717) is 31.9 Å². The second-order valence-corrected chi connectivity index (χ2v) is 10.4. The first-order valence-corrected chi connectivity index (χ1v) is 12.7. The van der Waals surface area contributed by atoms with E-state index in [1.54, 1.807) is 19.2 Å². The SMILES string of the molecule is Cn1cc(S(=O)(=O)N2CCOCC2)cc1C(=O)NCc1ccc(C(=O)N2CCCCC2)cc1.